The first-order valence-electron chi connectivity index (χ1n) is 5.06. The number of hydrogen-bond donors (Lipinski definition) is 2. The number of carbonyl (C=O) groups excluding carboxylic acids is 1. The Morgan fingerprint density at radius 1 is 1.50 bits per heavy atom. The lowest BCUT2D eigenvalue weighted by Gasteiger charge is -2.00. The number of hydrogen-bond acceptors (Lipinski definition) is 3. The predicted octanol–water partition coefficient (Wildman–Crippen LogP) is 1.62. The van der Waals surface area contributed by atoms with Gasteiger partial charge in [-0.25, -0.2) is 4.98 Å². The van der Waals surface area contributed by atoms with Crippen LogP contribution in [0.2, 0.25) is 0 Å². The zero-order valence-electron chi connectivity index (χ0n) is 8.90. The minimum atomic E-state index is -0.255. The quantitative estimate of drug-likeness (QED) is 0.819. The highest BCUT2D eigenvalue weighted by atomic mass is 16.2. The Balaban J connectivity index is 2.09. The van der Waals surface area contributed by atoms with E-state index in [2.05, 4.69) is 20.5 Å². The van der Waals surface area contributed by atoms with E-state index in [1.54, 1.807) is 24.4 Å². The smallest absolute Gasteiger partial charge is 0.277 e. The zero-order chi connectivity index (χ0) is 11.4. The molecule has 0 aliphatic carbocycles. The lowest BCUT2D eigenvalue weighted by atomic mass is 10.3. The molecular weight excluding hydrogens is 204 g/mol. The van der Waals surface area contributed by atoms with Crippen LogP contribution in [0.25, 0.3) is 0 Å². The van der Waals surface area contributed by atoms with Crippen LogP contribution in [0.5, 0.6) is 0 Å². The third-order valence-electron chi connectivity index (χ3n) is 2.15. The molecule has 2 rings (SSSR count). The van der Waals surface area contributed by atoms with Gasteiger partial charge in [-0.15, -0.1) is 0 Å². The number of amides is 1. The van der Waals surface area contributed by atoms with E-state index in [9.17, 15) is 4.79 Å². The maximum absolute atomic E-state index is 11.7. The van der Waals surface area contributed by atoms with Crippen molar-refractivity contribution in [3.05, 3.63) is 41.9 Å². The van der Waals surface area contributed by atoms with Crippen LogP contribution >= 0.6 is 0 Å². The average Bonchev–Trinajstić information content (AvgIpc) is 2.79. The first-order chi connectivity index (χ1) is 7.79. The van der Waals surface area contributed by atoms with Gasteiger partial charge in [-0.1, -0.05) is 13.0 Å². The molecule has 0 spiro atoms. The van der Waals surface area contributed by atoms with Crippen molar-refractivity contribution in [2.75, 3.05) is 5.32 Å². The van der Waals surface area contributed by atoms with Gasteiger partial charge in [0.05, 0.1) is 0 Å². The van der Waals surface area contributed by atoms with Crippen LogP contribution in [-0.4, -0.2) is 21.1 Å². The van der Waals surface area contributed by atoms with Crippen LogP contribution in [0.1, 0.15) is 23.1 Å². The topological polar surface area (TPSA) is 70.7 Å². The summed E-state index contributed by atoms with van der Waals surface area (Å²) in [4.78, 5) is 15.7. The second-order valence-corrected chi connectivity index (χ2v) is 3.30. The van der Waals surface area contributed by atoms with Gasteiger partial charge in [-0.05, 0) is 24.6 Å². The van der Waals surface area contributed by atoms with Crippen LogP contribution in [0.3, 0.4) is 0 Å². The van der Waals surface area contributed by atoms with Crippen molar-refractivity contribution in [3.63, 3.8) is 0 Å². The van der Waals surface area contributed by atoms with Gasteiger partial charge < -0.3 is 5.32 Å². The Kier molecular flexibility index (Phi) is 2.95. The number of aromatic nitrogens is 3. The highest BCUT2D eigenvalue weighted by Gasteiger charge is 2.10. The summed E-state index contributed by atoms with van der Waals surface area (Å²) in [6.45, 7) is 1.99. The summed E-state index contributed by atoms with van der Waals surface area (Å²) < 4.78 is 0. The van der Waals surface area contributed by atoms with Gasteiger partial charge >= 0.3 is 0 Å². The van der Waals surface area contributed by atoms with Crippen molar-refractivity contribution in [3.8, 4) is 0 Å². The van der Waals surface area contributed by atoms with E-state index < -0.39 is 0 Å². The first-order valence-corrected chi connectivity index (χ1v) is 5.06. The summed E-state index contributed by atoms with van der Waals surface area (Å²) in [6.07, 6.45) is 2.45. The lowest BCUT2D eigenvalue weighted by Crippen LogP contribution is -2.13. The molecule has 0 saturated heterocycles. The number of anilines is 1. The fraction of sp³-hybridized carbons (Fsp3) is 0.182. The Bertz CT molecular complexity index is 478. The van der Waals surface area contributed by atoms with Gasteiger partial charge in [0, 0.05) is 11.9 Å². The largest absolute Gasteiger partial charge is 0.305 e. The van der Waals surface area contributed by atoms with Crippen molar-refractivity contribution in [2.24, 2.45) is 0 Å². The van der Waals surface area contributed by atoms with Gasteiger partial charge in [0.2, 0.25) is 0 Å². The summed E-state index contributed by atoms with van der Waals surface area (Å²) in [5, 5.41) is 9.37. The minimum absolute atomic E-state index is 0.255. The van der Waals surface area contributed by atoms with Crippen molar-refractivity contribution >= 4 is 11.7 Å². The molecular formula is C11H12N4O. The molecule has 0 saturated carbocycles. The van der Waals surface area contributed by atoms with Crippen LogP contribution in [0.15, 0.2) is 30.5 Å². The van der Waals surface area contributed by atoms with E-state index in [1.165, 1.54) is 0 Å². The Hall–Kier alpha value is -2.17. The Morgan fingerprint density at radius 3 is 3.00 bits per heavy atom. The molecule has 5 heteroatoms. The number of nitrogens with zero attached hydrogens (tertiary/aromatic N) is 2. The van der Waals surface area contributed by atoms with Gasteiger partial charge in [0.1, 0.15) is 5.82 Å². The number of nitrogens with one attached hydrogen (secondary N) is 2. The number of carbonyl (C=O) groups is 1. The second kappa shape index (κ2) is 4.57. The van der Waals surface area contributed by atoms with Crippen LogP contribution in [-0.2, 0) is 6.42 Å². The maximum atomic E-state index is 11.7. The molecule has 16 heavy (non-hydrogen) atoms. The number of aryl methyl sites for hydroxylation is 1. The summed E-state index contributed by atoms with van der Waals surface area (Å²) in [6, 6.07) is 7.06. The molecule has 2 aromatic heterocycles. The number of pyridine rings is 1. The van der Waals surface area contributed by atoms with E-state index in [0.29, 0.717) is 11.5 Å². The molecule has 1 amide bonds. The van der Waals surface area contributed by atoms with E-state index in [4.69, 9.17) is 0 Å². The predicted molar refractivity (Wildman–Crippen MR) is 60.2 cm³/mol. The summed E-state index contributed by atoms with van der Waals surface area (Å²) in [7, 11) is 0. The molecule has 0 fully saturated rings. The number of H-pyrrole nitrogens is 1. The molecule has 2 aromatic rings. The van der Waals surface area contributed by atoms with Gasteiger partial charge in [0.15, 0.2) is 5.69 Å². The van der Waals surface area contributed by atoms with Crippen molar-refractivity contribution in [2.45, 2.75) is 13.3 Å². The highest BCUT2D eigenvalue weighted by molar-refractivity contribution is 6.02. The van der Waals surface area contributed by atoms with E-state index in [-0.39, 0.29) is 5.91 Å². The van der Waals surface area contributed by atoms with Crippen molar-refractivity contribution in [1.29, 1.82) is 0 Å². The normalized spacial score (nSPS) is 10.1. The van der Waals surface area contributed by atoms with Crippen LogP contribution < -0.4 is 5.32 Å². The molecule has 5 nitrogen and oxygen atoms in total. The van der Waals surface area contributed by atoms with Gasteiger partial charge in [-0.2, -0.15) is 5.10 Å². The number of rotatable bonds is 3. The third kappa shape index (κ3) is 2.25. The molecule has 2 N–H and O–H groups in total. The first kappa shape index (κ1) is 10.4. The Morgan fingerprint density at radius 2 is 2.38 bits per heavy atom. The molecule has 0 aromatic carbocycles. The fourth-order valence-electron chi connectivity index (χ4n) is 1.28. The second-order valence-electron chi connectivity index (χ2n) is 3.30. The van der Waals surface area contributed by atoms with E-state index in [0.717, 1.165) is 12.1 Å². The molecule has 0 aliphatic heterocycles. The molecule has 0 atom stereocenters. The van der Waals surface area contributed by atoms with E-state index >= 15 is 0 Å². The molecule has 0 unspecified atom stereocenters. The molecule has 2 heterocycles. The molecule has 0 bridgehead atoms. The van der Waals surface area contributed by atoms with Crippen LogP contribution in [0, 0.1) is 0 Å². The number of aromatic amines is 1. The third-order valence-corrected chi connectivity index (χ3v) is 2.15. The molecule has 0 aliphatic rings. The minimum Gasteiger partial charge on any atom is -0.305 e. The SMILES string of the molecule is CCc1cc(C(=O)Nc2ccccn2)n[nH]1. The fourth-order valence-corrected chi connectivity index (χ4v) is 1.28. The monoisotopic (exact) mass is 216 g/mol. The van der Waals surface area contributed by atoms with Gasteiger partial charge in [-0.3, -0.25) is 9.89 Å². The van der Waals surface area contributed by atoms with Crippen LogP contribution in [0.4, 0.5) is 5.82 Å². The van der Waals surface area contributed by atoms with Gasteiger partial charge in [0.25, 0.3) is 5.91 Å². The Labute approximate surface area is 92.9 Å². The maximum Gasteiger partial charge on any atom is 0.277 e. The zero-order valence-corrected chi connectivity index (χ0v) is 8.90. The summed E-state index contributed by atoms with van der Waals surface area (Å²) >= 11 is 0. The highest BCUT2D eigenvalue weighted by Crippen LogP contribution is 2.05. The molecule has 82 valence electrons. The molecule has 0 radical (unpaired) electrons. The van der Waals surface area contributed by atoms with E-state index in [1.807, 2.05) is 13.0 Å². The average molecular weight is 216 g/mol. The standard InChI is InChI=1S/C11H12N4O/c1-2-8-7-9(15-14-8)11(16)13-10-5-3-4-6-12-10/h3-7H,2H2,1H3,(H,14,15)(H,12,13,16). The summed E-state index contributed by atoms with van der Waals surface area (Å²) in [5.74, 6) is 0.267. The van der Waals surface area contributed by atoms with Crippen molar-refractivity contribution in [1.82, 2.24) is 15.2 Å². The lowest BCUT2D eigenvalue weighted by molar-refractivity contribution is 0.102. The van der Waals surface area contributed by atoms with Crippen molar-refractivity contribution < 1.29 is 4.79 Å². The summed E-state index contributed by atoms with van der Waals surface area (Å²) in [5.41, 5.74) is 1.31.